The fourth-order valence-corrected chi connectivity index (χ4v) is 8.38. The second-order valence-electron chi connectivity index (χ2n) is 11.5. The van der Waals surface area contributed by atoms with Gasteiger partial charge in [-0.05, 0) is 87.2 Å². The van der Waals surface area contributed by atoms with Gasteiger partial charge in [0.15, 0.2) is 21.4 Å². The third-order valence-corrected chi connectivity index (χ3v) is 13.6. The van der Waals surface area contributed by atoms with Crippen molar-refractivity contribution in [3.8, 4) is 11.5 Å². The number of rotatable bonds is 8. The monoisotopic (exact) mass is 642 g/mol. The van der Waals surface area contributed by atoms with E-state index >= 15 is 0 Å². The lowest BCUT2D eigenvalue weighted by Crippen LogP contribution is -2.41. The fraction of sp³-hybridized carbons (Fsp3) is 0.281. The number of nitrogens with one attached hydrogen (secondary N) is 1. The Morgan fingerprint density at radius 3 is 2.39 bits per heavy atom. The zero-order valence-corrected chi connectivity index (χ0v) is 26.4. The molecule has 0 fully saturated rings. The van der Waals surface area contributed by atoms with Crippen molar-refractivity contribution in [3.63, 3.8) is 0 Å². The number of aromatic nitrogens is 2. The first kappa shape index (κ1) is 31.4. The molecule has 2 aromatic carbocycles. The van der Waals surface area contributed by atoms with Crippen LogP contribution in [0.4, 0.5) is 8.78 Å². The second kappa shape index (κ2) is 10.8. The van der Waals surface area contributed by atoms with Crippen molar-refractivity contribution in [2.24, 2.45) is 0 Å². The van der Waals surface area contributed by atoms with Gasteiger partial charge in [0.05, 0.1) is 4.75 Å². The molecule has 1 atom stereocenters. The molecule has 0 bridgehead atoms. The minimum absolute atomic E-state index is 0.00262. The third kappa shape index (κ3) is 4.99. The summed E-state index contributed by atoms with van der Waals surface area (Å²) in [6, 6.07) is 10.8. The largest absolute Gasteiger partial charge is 0.454 e. The number of pyridine rings is 1. The summed E-state index contributed by atoms with van der Waals surface area (Å²) in [5.41, 5.74) is 1.30. The Bertz CT molecular complexity index is 2140. The topological polar surface area (TPSA) is 115 Å². The molecule has 8 nitrogen and oxygen atoms in total. The van der Waals surface area contributed by atoms with Crippen LogP contribution in [0, 0.1) is 11.6 Å². The molecule has 2 aromatic heterocycles. The molecule has 5 rings (SSSR count). The summed E-state index contributed by atoms with van der Waals surface area (Å²) < 4.78 is 86.4. The van der Waals surface area contributed by atoms with Crippen molar-refractivity contribution < 1.29 is 30.4 Å². The van der Waals surface area contributed by atoms with E-state index in [0.29, 0.717) is 33.7 Å². The first-order valence-electron chi connectivity index (χ1n) is 13.9. The number of aromatic amines is 1. The van der Waals surface area contributed by atoms with E-state index in [-0.39, 0.29) is 29.2 Å². The van der Waals surface area contributed by atoms with Crippen LogP contribution in [0.3, 0.4) is 0 Å². The van der Waals surface area contributed by atoms with Gasteiger partial charge in [-0.15, -0.1) is 0 Å². The zero-order valence-electron chi connectivity index (χ0n) is 24.8. The fourth-order valence-electron chi connectivity index (χ4n) is 5.33. The van der Waals surface area contributed by atoms with Crippen LogP contribution in [-0.4, -0.2) is 36.3 Å². The summed E-state index contributed by atoms with van der Waals surface area (Å²) in [4.78, 5) is 15.1. The molecule has 1 aliphatic carbocycles. The predicted octanol–water partition coefficient (Wildman–Crippen LogP) is 6.44. The molecule has 4 aromatic rings. The Balaban J connectivity index is 1.63. The normalized spacial score (nSPS) is 17.8. The lowest BCUT2D eigenvalue weighted by molar-refractivity contribution is 0.436. The standard InChI is InChI=1S/C32H32F2N2O6S2/c1-6-43(38,39)31(3,4)23-7-9-27(42-28-10-8-24(33)19-26(28)34)25(18-23)22-11-14-32(5,20(2)17-22)44(40,41)36-16-13-21-12-15-35-30(37)29(21)36/h7-13,15-19H,6,14H2,1-5H3,(H,35,37). The van der Waals surface area contributed by atoms with Crippen molar-refractivity contribution >= 4 is 36.3 Å². The van der Waals surface area contributed by atoms with Gasteiger partial charge in [0.25, 0.3) is 5.56 Å². The number of benzene rings is 2. The highest BCUT2D eigenvalue weighted by Crippen LogP contribution is 2.43. The molecular formula is C32H32F2N2O6S2. The molecule has 0 saturated carbocycles. The van der Waals surface area contributed by atoms with E-state index in [4.69, 9.17) is 4.74 Å². The lowest BCUT2D eigenvalue weighted by Gasteiger charge is -2.33. The number of fused-ring (bicyclic) bond motifs is 1. The van der Waals surface area contributed by atoms with E-state index in [9.17, 15) is 30.4 Å². The Kier molecular flexibility index (Phi) is 7.74. The molecule has 2 heterocycles. The highest BCUT2D eigenvalue weighted by molar-refractivity contribution is 7.92. The molecule has 0 radical (unpaired) electrons. The Morgan fingerprint density at radius 2 is 1.73 bits per heavy atom. The Morgan fingerprint density at radius 1 is 1.02 bits per heavy atom. The van der Waals surface area contributed by atoms with Gasteiger partial charge in [0.1, 0.15) is 21.8 Å². The minimum Gasteiger partial charge on any atom is -0.454 e. The molecule has 0 saturated heterocycles. The zero-order chi connectivity index (χ0) is 32.2. The van der Waals surface area contributed by atoms with Crippen molar-refractivity contribution in [2.45, 2.75) is 50.5 Å². The van der Waals surface area contributed by atoms with Crippen molar-refractivity contribution in [1.29, 1.82) is 0 Å². The first-order valence-corrected chi connectivity index (χ1v) is 17.0. The van der Waals surface area contributed by atoms with E-state index in [1.54, 1.807) is 71.0 Å². The molecule has 232 valence electrons. The van der Waals surface area contributed by atoms with Crippen LogP contribution < -0.4 is 10.3 Å². The quantitative estimate of drug-likeness (QED) is 0.237. The van der Waals surface area contributed by atoms with Crippen LogP contribution in [0.15, 0.2) is 83.4 Å². The number of hydrogen-bond donors (Lipinski definition) is 1. The van der Waals surface area contributed by atoms with Gasteiger partial charge in [-0.2, -0.15) is 0 Å². The average molecular weight is 643 g/mol. The molecule has 1 unspecified atom stereocenters. The van der Waals surface area contributed by atoms with Crippen LogP contribution in [0.25, 0.3) is 16.5 Å². The van der Waals surface area contributed by atoms with Crippen LogP contribution in [-0.2, 0) is 24.6 Å². The molecular weight excluding hydrogens is 610 g/mol. The molecule has 0 amide bonds. The summed E-state index contributed by atoms with van der Waals surface area (Å²) >= 11 is 0. The second-order valence-corrected chi connectivity index (χ2v) is 16.5. The number of sulfone groups is 1. The average Bonchev–Trinajstić information content (AvgIpc) is 3.42. The van der Waals surface area contributed by atoms with E-state index < -0.39 is 46.5 Å². The summed E-state index contributed by atoms with van der Waals surface area (Å²) in [7, 11) is -7.72. The lowest BCUT2D eigenvalue weighted by atomic mass is 9.86. The number of ether oxygens (including phenoxy) is 1. The maximum Gasteiger partial charge on any atom is 0.273 e. The maximum atomic E-state index is 14.6. The smallest absolute Gasteiger partial charge is 0.273 e. The van der Waals surface area contributed by atoms with Crippen molar-refractivity contribution in [2.75, 3.05) is 5.75 Å². The van der Waals surface area contributed by atoms with E-state index in [2.05, 4.69) is 4.98 Å². The van der Waals surface area contributed by atoms with Gasteiger partial charge >= 0.3 is 0 Å². The van der Waals surface area contributed by atoms with Crippen LogP contribution in [0.1, 0.15) is 52.2 Å². The Labute approximate surface area is 254 Å². The van der Waals surface area contributed by atoms with Crippen molar-refractivity contribution in [3.05, 3.63) is 112 Å². The van der Waals surface area contributed by atoms with Crippen LogP contribution >= 0.6 is 0 Å². The van der Waals surface area contributed by atoms with Gasteiger partial charge in [-0.3, -0.25) is 4.79 Å². The summed E-state index contributed by atoms with van der Waals surface area (Å²) in [5.74, 6) is -1.87. The first-order chi connectivity index (χ1) is 20.5. The molecule has 12 heteroatoms. The highest BCUT2D eigenvalue weighted by Gasteiger charge is 2.44. The molecule has 44 heavy (non-hydrogen) atoms. The maximum absolute atomic E-state index is 14.6. The van der Waals surface area contributed by atoms with E-state index in [0.717, 1.165) is 16.1 Å². The number of hydrogen-bond acceptors (Lipinski definition) is 6. The SMILES string of the molecule is CCS(=O)(=O)C(C)(C)c1ccc(Oc2ccc(F)cc2F)c(C2=CCC(C)(S(=O)(=O)n3ccc4cc[nH]c(=O)c43)C(C)=C2)c1. The van der Waals surface area contributed by atoms with E-state index in [1.165, 1.54) is 18.5 Å². The predicted molar refractivity (Wildman–Crippen MR) is 167 cm³/mol. The summed E-state index contributed by atoms with van der Waals surface area (Å²) in [6.45, 7) is 7.98. The number of allylic oxidation sites excluding steroid dienone is 3. The van der Waals surface area contributed by atoms with Gasteiger partial charge in [-0.25, -0.2) is 29.6 Å². The number of halogens is 2. The van der Waals surface area contributed by atoms with E-state index in [1.807, 2.05) is 0 Å². The van der Waals surface area contributed by atoms with Gasteiger partial charge < -0.3 is 9.72 Å². The van der Waals surface area contributed by atoms with Gasteiger partial charge in [0, 0.05) is 35.2 Å². The summed E-state index contributed by atoms with van der Waals surface area (Å²) in [5, 5.41) is 0.478. The highest BCUT2D eigenvalue weighted by atomic mass is 32.2. The van der Waals surface area contributed by atoms with Gasteiger partial charge in [0.2, 0.25) is 10.0 Å². The number of H-pyrrole nitrogens is 1. The molecule has 1 N–H and O–H groups in total. The Hall–Kier alpha value is -4.03. The summed E-state index contributed by atoms with van der Waals surface area (Å²) in [6.07, 6.45) is 6.15. The molecule has 0 aliphatic heterocycles. The number of nitrogens with zero attached hydrogens (tertiary/aromatic N) is 1. The minimum atomic E-state index is -4.16. The van der Waals surface area contributed by atoms with Crippen LogP contribution in [0.2, 0.25) is 0 Å². The third-order valence-electron chi connectivity index (χ3n) is 8.58. The van der Waals surface area contributed by atoms with Gasteiger partial charge in [-0.1, -0.05) is 25.1 Å². The van der Waals surface area contributed by atoms with Crippen molar-refractivity contribution in [1.82, 2.24) is 8.96 Å². The van der Waals surface area contributed by atoms with Crippen LogP contribution in [0.5, 0.6) is 11.5 Å². The molecule has 1 aliphatic rings. The molecule has 0 spiro atoms.